The van der Waals surface area contributed by atoms with Gasteiger partial charge in [-0.2, -0.15) is 0 Å². The summed E-state index contributed by atoms with van der Waals surface area (Å²) in [4.78, 5) is 0. The van der Waals surface area contributed by atoms with Gasteiger partial charge in [0.05, 0.1) is 0 Å². The molecule has 0 saturated carbocycles. The summed E-state index contributed by atoms with van der Waals surface area (Å²) < 4.78 is 0. The summed E-state index contributed by atoms with van der Waals surface area (Å²) in [6.45, 7) is 4.52. The van der Waals surface area contributed by atoms with Crippen LogP contribution in [0.5, 0.6) is 0 Å². The molecule has 0 bridgehead atoms. The minimum Gasteiger partial charge on any atom is -0.0905 e. The van der Waals surface area contributed by atoms with Crippen LogP contribution in [0.4, 0.5) is 0 Å². The maximum absolute atomic E-state index is 4.52. The molecule has 0 spiro atoms. The van der Waals surface area contributed by atoms with Crippen molar-refractivity contribution in [3.8, 4) is 0 Å². The molecule has 4 aromatic carbocycles. The second-order valence-electron chi connectivity index (χ2n) is 6.69. The molecule has 0 amide bonds. The fraction of sp³-hybridized carbons (Fsp3) is 0. The van der Waals surface area contributed by atoms with Gasteiger partial charge >= 0.3 is 0 Å². The second kappa shape index (κ2) is 10.1. The molecule has 0 radical (unpaired) electrons. The average molecular weight is 450 g/mol. The van der Waals surface area contributed by atoms with E-state index in [1.807, 2.05) is 6.07 Å². The Hall–Kier alpha value is -2.76. The third-order valence-corrected chi connectivity index (χ3v) is 4.86. The Morgan fingerprint density at radius 2 is 0.724 bits per heavy atom. The van der Waals surface area contributed by atoms with Crippen LogP contribution in [0, 0.1) is 0 Å². The quantitative estimate of drug-likeness (QED) is 0.221. The van der Waals surface area contributed by atoms with Crippen molar-refractivity contribution in [1.82, 2.24) is 0 Å². The average Bonchev–Trinajstić information content (AvgIpc) is 2.79. The summed E-state index contributed by atoms with van der Waals surface area (Å²) in [5.41, 5.74) is 8.04. The van der Waals surface area contributed by atoms with Crippen molar-refractivity contribution in [2.24, 2.45) is 0 Å². The molecule has 4 aromatic rings. The Balaban J connectivity index is 0.00000240. The fourth-order valence-electron chi connectivity index (χ4n) is 3.52. The van der Waals surface area contributed by atoms with Gasteiger partial charge in [-0.15, -0.1) is 0 Å². The molecule has 1 heteroatoms. The number of hydrogen-bond acceptors (Lipinski definition) is 0. The minimum absolute atomic E-state index is 0. The number of allylic oxidation sites excluding steroid dienone is 2. The van der Waals surface area contributed by atoms with E-state index in [-0.39, 0.29) is 26.2 Å². The predicted molar refractivity (Wildman–Crippen MR) is 121 cm³/mol. The largest absolute Gasteiger partial charge is 0.0905 e. The van der Waals surface area contributed by atoms with Crippen LogP contribution in [-0.4, -0.2) is 0 Å². The molecule has 0 heterocycles. The van der Waals surface area contributed by atoms with E-state index in [0.717, 1.165) is 16.7 Å². The molecule has 0 atom stereocenters. The fourth-order valence-corrected chi connectivity index (χ4v) is 3.52. The standard InChI is InChI=1S/C28H22.Zr/c1-22(23-14-6-2-7-15-23)27(24-16-8-3-9-17-24)28(25-18-10-4-11-19-25)26-20-12-5-13-21-26;/h2-21H,1H2;. The zero-order valence-electron chi connectivity index (χ0n) is 16.3. The van der Waals surface area contributed by atoms with Crippen LogP contribution in [0.25, 0.3) is 16.7 Å². The molecule has 138 valence electrons. The molecule has 0 fully saturated rings. The van der Waals surface area contributed by atoms with Crippen molar-refractivity contribution in [3.63, 3.8) is 0 Å². The van der Waals surface area contributed by atoms with Crippen molar-refractivity contribution in [2.45, 2.75) is 0 Å². The van der Waals surface area contributed by atoms with Crippen LogP contribution in [-0.2, 0) is 26.2 Å². The van der Waals surface area contributed by atoms with Gasteiger partial charge in [-0.25, -0.2) is 0 Å². The van der Waals surface area contributed by atoms with Crippen LogP contribution >= 0.6 is 0 Å². The first-order chi connectivity index (χ1) is 13.8. The van der Waals surface area contributed by atoms with Gasteiger partial charge < -0.3 is 0 Å². The summed E-state index contributed by atoms with van der Waals surface area (Å²) in [5.74, 6) is 0. The van der Waals surface area contributed by atoms with Crippen molar-refractivity contribution in [3.05, 3.63) is 150 Å². The molecular weight excluding hydrogens is 428 g/mol. The smallest absolute Gasteiger partial charge is 0 e. The van der Waals surface area contributed by atoms with E-state index in [1.54, 1.807) is 0 Å². The summed E-state index contributed by atoms with van der Waals surface area (Å²) in [6, 6.07) is 42.1. The molecule has 0 aromatic heterocycles. The molecule has 0 aliphatic carbocycles. The molecule has 0 aliphatic heterocycles. The van der Waals surface area contributed by atoms with Gasteiger partial charge in [0, 0.05) is 26.2 Å². The van der Waals surface area contributed by atoms with E-state index in [9.17, 15) is 0 Å². The van der Waals surface area contributed by atoms with Gasteiger partial charge in [-0.1, -0.05) is 128 Å². The van der Waals surface area contributed by atoms with Crippen LogP contribution < -0.4 is 0 Å². The summed E-state index contributed by atoms with van der Waals surface area (Å²) >= 11 is 0. The van der Waals surface area contributed by atoms with E-state index < -0.39 is 0 Å². The number of hydrogen-bond donors (Lipinski definition) is 0. The van der Waals surface area contributed by atoms with Gasteiger partial charge in [0.15, 0.2) is 0 Å². The number of benzene rings is 4. The maximum Gasteiger partial charge on any atom is 0 e. The Kier molecular flexibility index (Phi) is 7.33. The van der Waals surface area contributed by atoms with Gasteiger partial charge in [0.1, 0.15) is 0 Å². The van der Waals surface area contributed by atoms with Crippen LogP contribution in [0.15, 0.2) is 128 Å². The van der Waals surface area contributed by atoms with Crippen molar-refractivity contribution in [1.29, 1.82) is 0 Å². The van der Waals surface area contributed by atoms with E-state index in [0.29, 0.717) is 0 Å². The predicted octanol–water partition coefficient (Wildman–Crippen LogP) is 7.36. The molecule has 0 unspecified atom stereocenters. The normalized spacial score (nSPS) is 9.93. The summed E-state index contributed by atoms with van der Waals surface area (Å²) in [6.07, 6.45) is 0. The zero-order chi connectivity index (χ0) is 19.2. The number of rotatable bonds is 5. The zero-order valence-corrected chi connectivity index (χ0v) is 18.7. The van der Waals surface area contributed by atoms with Gasteiger partial charge in [-0.05, 0) is 39.0 Å². The van der Waals surface area contributed by atoms with Crippen molar-refractivity contribution in [2.75, 3.05) is 0 Å². The van der Waals surface area contributed by atoms with Crippen molar-refractivity contribution >= 4 is 16.7 Å². The van der Waals surface area contributed by atoms with Crippen LogP contribution in [0.1, 0.15) is 22.3 Å². The topological polar surface area (TPSA) is 0 Å². The monoisotopic (exact) mass is 448 g/mol. The van der Waals surface area contributed by atoms with Gasteiger partial charge in [0.2, 0.25) is 0 Å². The maximum atomic E-state index is 4.52. The van der Waals surface area contributed by atoms with Gasteiger partial charge in [0.25, 0.3) is 0 Å². The first-order valence-electron chi connectivity index (χ1n) is 9.50. The third-order valence-electron chi connectivity index (χ3n) is 4.86. The molecule has 0 saturated heterocycles. The third kappa shape index (κ3) is 4.81. The van der Waals surface area contributed by atoms with E-state index >= 15 is 0 Å². The van der Waals surface area contributed by atoms with Crippen LogP contribution in [0.2, 0.25) is 0 Å². The molecule has 0 nitrogen and oxygen atoms in total. The molecule has 0 aliphatic rings. The van der Waals surface area contributed by atoms with E-state index in [2.05, 4.69) is 122 Å². The minimum atomic E-state index is 0. The molecule has 4 rings (SSSR count). The second-order valence-corrected chi connectivity index (χ2v) is 6.69. The Morgan fingerprint density at radius 3 is 1.10 bits per heavy atom. The molecular formula is C28H22Zr. The van der Waals surface area contributed by atoms with E-state index in [1.165, 1.54) is 22.3 Å². The Morgan fingerprint density at radius 1 is 0.414 bits per heavy atom. The summed E-state index contributed by atoms with van der Waals surface area (Å²) in [7, 11) is 0. The summed E-state index contributed by atoms with van der Waals surface area (Å²) in [5, 5.41) is 0. The SMILES string of the molecule is C=C(C(=C(c1ccccc1)c1ccccc1)c1ccccc1)c1ccccc1.[Zr]. The van der Waals surface area contributed by atoms with Crippen molar-refractivity contribution < 1.29 is 26.2 Å². The Bertz CT molecular complexity index is 1040. The van der Waals surface area contributed by atoms with Crippen LogP contribution in [0.3, 0.4) is 0 Å². The van der Waals surface area contributed by atoms with E-state index in [4.69, 9.17) is 0 Å². The molecule has 29 heavy (non-hydrogen) atoms. The Labute approximate surface area is 192 Å². The molecule has 0 N–H and O–H groups in total. The first kappa shape index (κ1) is 21.0. The van der Waals surface area contributed by atoms with Gasteiger partial charge in [-0.3, -0.25) is 0 Å². The first-order valence-corrected chi connectivity index (χ1v) is 9.50.